The second-order valence-electron chi connectivity index (χ2n) is 6.82. The summed E-state index contributed by atoms with van der Waals surface area (Å²) in [7, 11) is 0. The Morgan fingerprint density at radius 2 is 1.30 bits per heavy atom. The molecule has 1 unspecified atom stereocenters. The van der Waals surface area contributed by atoms with Gasteiger partial charge in [0, 0.05) is 0 Å². The van der Waals surface area contributed by atoms with Crippen LogP contribution in [-0.4, -0.2) is 0 Å². The van der Waals surface area contributed by atoms with Crippen LogP contribution in [0.25, 0.3) is 16.5 Å². The van der Waals surface area contributed by atoms with Crippen LogP contribution in [0.4, 0.5) is 5.69 Å². The summed E-state index contributed by atoms with van der Waals surface area (Å²) in [5.74, 6) is 0. The topological polar surface area (TPSA) is 15.3 Å². The fraction of sp³-hybridized carbons (Fsp3) is 0.0400. The van der Waals surface area contributed by atoms with E-state index in [0.29, 0.717) is 0 Å². The van der Waals surface area contributed by atoms with Gasteiger partial charge in [-0.25, -0.2) is 0 Å². The highest BCUT2D eigenvalue weighted by Crippen LogP contribution is 2.35. The summed E-state index contributed by atoms with van der Waals surface area (Å²) in [6.45, 7) is 0. The van der Waals surface area contributed by atoms with E-state index in [9.17, 15) is 0 Å². The molecule has 1 aliphatic rings. The summed E-state index contributed by atoms with van der Waals surface area (Å²) in [6, 6.07) is 36.4. The molecule has 2 heteroatoms. The zero-order valence-electron chi connectivity index (χ0n) is 14.9. The Morgan fingerprint density at radius 3 is 2.07 bits per heavy atom. The molecule has 0 saturated carbocycles. The molecule has 0 bridgehead atoms. The van der Waals surface area contributed by atoms with Gasteiger partial charge in [0.25, 0.3) is 0 Å². The van der Waals surface area contributed by atoms with Gasteiger partial charge in [-0.05, 0) is 46.2 Å². The number of hydrogen-bond acceptors (Lipinski definition) is 2. The summed E-state index contributed by atoms with van der Waals surface area (Å²) < 4.78 is 0. The van der Waals surface area contributed by atoms with Gasteiger partial charge in [-0.2, -0.15) is 0 Å². The van der Waals surface area contributed by atoms with Crippen LogP contribution in [0.3, 0.4) is 0 Å². The van der Waals surface area contributed by atoms with Gasteiger partial charge >= 0.3 is 0 Å². The molecular formula is C25H20N2. The molecule has 0 spiro atoms. The lowest BCUT2D eigenvalue weighted by molar-refractivity contribution is 0.724. The number of fused-ring (bicyclic) bond motifs is 1. The van der Waals surface area contributed by atoms with Gasteiger partial charge in [0.2, 0.25) is 0 Å². The lowest BCUT2D eigenvalue weighted by Gasteiger charge is -2.27. The standard InChI is InChI=1S/C25H20N2/c1-3-10-20(11-4-1)25-18-24(26-27(25)23-13-5-2-6-14-23)22-16-15-19-9-7-8-12-21(19)17-22/h1-18,25-26H. The normalized spacial score (nSPS) is 16.2. The van der Waals surface area contributed by atoms with E-state index in [4.69, 9.17) is 0 Å². The first-order chi connectivity index (χ1) is 13.4. The van der Waals surface area contributed by atoms with Crippen molar-refractivity contribution in [2.24, 2.45) is 0 Å². The number of benzene rings is 4. The minimum atomic E-state index is 0.148. The molecule has 0 aliphatic carbocycles. The largest absolute Gasteiger partial charge is 0.297 e. The van der Waals surface area contributed by atoms with Crippen LogP contribution >= 0.6 is 0 Å². The minimum Gasteiger partial charge on any atom is -0.297 e. The molecule has 1 atom stereocenters. The van der Waals surface area contributed by atoms with Crippen molar-refractivity contribution in [3.05, 3.63) is 120 Å². The molecule has 5 rings (SSSR count). The molecule has 0 radical (unpaired) electrons. The molecule has 0 amide bonds. The van der Waals surface area contributed by atoms with Gasteiger partial charge in [0.05, 0.1) is 17.4 Å². The maximum Gasteiger partial charge on any atom is 0.0958 e. The smallest absolute Gasteiger partial charge is 0.0958 e. The van der Waals surface area contributed by atoms with Crippen LogP contribution in [-0.2, 0) is 0 Å². The zero-order valence-corrected chi connectivity index (χ0v) is 14.9. The van der Waals surface area contributed by atoms with Gasteiger partial charge in [-0.1, -0.05) is 84.9 Å². The Balaban J connectivity index is 1.58. The van der Waals surface area contributed by atoms with Crippen LogP contribution in [0.5, 0.6) is 0 Å². The average Bonchev–Trinajstić information content (AvgIpc) is 3.20. The van der Waals surface area contributed by atoms with Crippen molar-refractivity contribution in [2.75, 3.05) is 5.01 Å². The summed E-state index contributed by atoms with van der Waals surface area (Å²) in [5.41, 5.74) is 8.39. The van der Waals surface area contributed by atoms with E-state index in [1.807, 2.05) is 0 Å². The van der Waals surface area contributed by atoms with E-state index >= 15 is 0 Å². The van der Waals surface area contributed by atoms with E-state index in [-0.39, 0.29) is 6.04 Å². The van der Waals surface area contributed by atoms with Gasteiger partial charge < -0.3 is 0 Å². The Labute approximate surface area is 159 Å². The molecule has 2 nitrogen and oxygen atoms in total. The third kappa shape index (κ3) is 2.96. The van der Waals surface area contributed by atoms with E-state index in [1.54, 1.807) is 0 Å². The number of nitrogens with zero attached hydrogens (tertiary/aromatic N) is 1. The van der Waals surface area contributed by atoms with Crippen molar-refractivity contribution in [3.63, 3.8) is 0 Å². The van der Waals surface area contributed by atoms with Crippen molar-refractivity contribution in [1.29, 1.82) is 0 Å². The lowest BCUT2D eigenvalue weighted by atomic mass is 10.0. The van der Waals surface area contributed by atoms with Crippen LogP contribution in [0.2, 0.25) is 0 Å². The number of hydrogen-bond donors (Lipinski definition) is 1. The SMILES string of the molecule is C1=C(c2ccc3ccccc3c2)NN(c2ccccc2)C1c1ccccc1. The minimum absolute atomic E-state index is 0.148. The second-order valence-corrected chi connectivity index (χ2v) is 6.82. The number of hydrazine groups is 1. The summed E-state index contributed by atoms with van der Waals surface area (Å²) in [5, 5.41) is 4.76. The van der Waals surface area contributed by atoms with Crippen molar-refractivity contribution >= 4 is 22.2 Å². The molecule has 0 aromatic heterocycles. The monoisotopic (exact) mass is 348 g/mol. The molecule has 1 heterocycles. The van der Waals surface area contributed by atoms with Crippen molar-refractivity contribution in [1.82, 2.24) is 5.43 Å². The van der Waals surface area contributed by atoms with Crippen molar-refractivity contribution in [3.8, 4) is 0 Å². The first-order valence-electron chi connectivity index (χ1n) is 9.25. The van der Waals surface area contributed by atoms with Crippen LogP contribution < -0.4 is 10.4 Å². The van der Waals surface area contributed by atoms with E-state index in [1.165, 1.54) is 21.9 Å². The van der Waals surface area contributed by atoms with Gasteiger partial charge in [-0.3, -0.25) is 10.4 Å². The molecule has 0 saturated heterocycles. The number of nitrogens with one attached hydrogen (secondary N) is 1. The first-order valence-corrected chi connectivity index (χ1v) is 9.25. The molecule has 1 N–H and O–H groups in total. The number of anilines is 1. The van der Waals surface area contributed by atoms with E-state index in [0.717, 1.165) is 11.4 Å². The highest BCUT2D eigenvalue weighted by Gasteiger charge is 2.26. The van der Waals surface area contributed by atoms with Crippen LogP contribution in [0.15, 0.2) is 109 Å². The van der Waals surface area contributed by atoms with Gasteiger partial charge in [-0.15, -0.1) is 0 Å². The van der Waals surface area contributed by atoms with Crippen LogP contribution in [0, 0.1) is 0 Å². The summed E-state index contributed by atoms with van der Waals surface area (Å²) in [4.78, 5) is 0. The van der Waals surface area contributed by atoms with Crippen molar-refractivity contribution < 1.29 is 0 Å². The third-order valence-electron chi connectivity index (χ3n) is 5.08. The fourth-order valence-corrected chi connectivity index (χ4v) is 3.70. The summed E-state index contributed by atoms with van der Waals surface area (Å²) in [6.07, 6.45) is 2.31. The number of para-hydroxylation sites is 1. The lowest BCUT2D eigenvalue weighted by Crippen LogP contribution is -2.33. The van der Waals surface area contributed by atoms with E-state index < -0.39 is 0 Å². The number of rotatable bonds is 3. The molecule has 1 aliphatic heterocycles. The highest BCUT2D eigenvalue weighted by molar-refractivity contribution is 5.87. The zero-order chi connectivity index (χ0) is 18.1. The predicted molar refractivity (Wildman–Crippen MR) is 113 cm³/mol. The third-order valence-corrected chi connectivity index (χ3v) is 5.08. The quantitative estimate of drug-likeness (QED) is 0.492. The molecule has 4 aromatic carbocycles. The van der Waals surface area contributed by atoms with E-state index in [2.05, 4.69) is 120 Å². The predicted octanol–water partition coefficient (Wildman–Crippen LogP) is 5.95. The average molecular weight is 348 g/mol. The Bertz CT molecular complexity index is 1100. The molecule has 130 valence electrons. The van der Waals surface area contributed by atoms with Crippen molar-refractivity contribution in [2.45, 2.75) is 6.04 Å². The maximum absolute atomic E-state index is 3.63. The Kier molecular flexibility index (Phi) is 3.87. The van der Waals surface area contributed by atoms with Gasteiger partial charge in [0.15, 0.2) is 0 Å². The van der Waals surface area contributed by atoms with Crippen LogP contribution in [0.1, 0.15) is 17.2 Å². The second kappa shape index (κ2) is 6.65. The highest BCUT2D eigenvalue weighted by atomic mass is 15.5. The Morgan fingerprint density at radius 1 is 0.630 bits per heavy atom. The molecule has 27 heavy (non-hydrogen) atoms. The summed E-state index contributed by atoms with van der Waals surface area (Å²) >= 11 is 0. The fourth-order valence-electron chi connectivity index (χ4n) is 3.70. The maximum atomic E-state index is 3.63. The Hall–Kier alpha value is -3.52. The molecular weight excluding hydrogens is 328 g/mol. The molecule has 0 fully saturated rings. The first kappa shape index (κ1) is 15.7. The van der Waals surface area contributed by atoms with Gasteiger partial charge in [0.1, 0.15) is 0 Å². The molecule has 4 aromatic rings.